The number of methoxy groups -OCH3 is 1. The summed E-state index contributed by atoms with van der Waals surface area (Å²) in [5.41, 5.74) is 0.985. The van der Waals surface area contributed by atoms with Gasteiger partial charge < -0.3 is 4.74 Å². The Hall–Kier alpha value is -1.29. The van der Waals surface area contributed by atoms with E-state index in [1.807, 2.05) is 0 Å². The predicted octanol–water partition coefficient (Wildman–Crippen LogP) is 3.55. The predicted molar refractivity (Wildman–Crippen MR) is 70.3 cm³/mol. The zero-order valence-corrected chi connectivity index (χ0v) is 11.0. The Morgan fingerprint density at radius 2 is 2.28 bits per heavy atom. The average Bonchev–Trinajstić information content (AvgIpc) is 2.75. The van der Waals surface area contributed by atoms with Crippen LogP contribution >= 0.6 is 11.6 Å². The molecule has 0 saturated heterocycles. The van der Waals surface area contributed by atoms with E-state index in [1.54, 1.807) is 19.2 Å². The molecule has 2 atom stereocenters. The number of ether oxygens (including phenoxy) is 1. The Kier molecular flexibility index (Phi) is 4.07. The summed E-state index contributed by atoms with van der Waals surface area (Å²) in [7, 11) is 1.58. The summed E-state index contributed by atoms with van der Waals surface area (Å²) >= 11 is 6.25. The molecule has 0 aromatic heterocycles. The van der Waals surface area contributed by atoms with E-state index in [2.05, 4.69) is 0 Å². The summed E-state index contributed by atoms with van der Waals surface area (Å²) < 4.78 is 5.26. The number of benzene rings is 1. The Balaban J connectivity index is 2.23. The lowest BCUT2D eigenvalue weighted by Crippen LogP contribution is -2.11. The van der Waals surface area contributed by atoms with Crippen molar-refractivity contribution < 1.29 is 9.66 Å². The topological polar surface area (TPSA) is 52.4 Å². The molecule has 0 aliphatic heterocycles. The smallest absolute Gasteiger partial charge is 0.269 e. The van der Waals surface area contributed by atoms with Crippen LogP contribution in [-0.2, 0) is 6.42 Å². The van der Waals surface area contributed by atoms with Gasteiger partial charge in [-0.1, -0.05) is 6.42 Å². The molecular weight excluding hydrogens is 254 g/mol. The van der Waals surface area contributed by atoms with Crippen LogP contribution in [0.5, 0.6) is 5.75 Å². The van der Waals surface area contributed by atoms with Crippen LogP contribution in [0.4, 0.5) is 5.69 Å². The molecule has 1 aliphatic rings. The highest BCUT2D eigenvalue weighted by Crippen LogP contribution is 2.35. The molecule has 1 aliphatic carbocycles. The quantitative estimate of drug-likeness (QED) is 0.477. The molecule has 0 bridgehead atoms. The molecule has 0 N–H and O–H groups in total. The highest BCUT2D eigenvalue weighted by molar-refractivity contribution is 6.20. The van der Waals surface area contributed by atoms with E-state index < -0.39 is 0 Å². The molecule has 98 valence electrons. The summed E-state index contributed by atoms with van der Waals surface area (Å²) in [6.07, 6.45) is 4.00. The minimum atomic E-state index is -0.379. The molecule has 2 rings (SSSR count). The number of non-ortho nitro benzene ring substituents is 1. The van der Waals surface area contributed by atoms with Crippen molar-refractivity contribution in [1.82, 2.24) is 0 Å². The van der Waals surface area contributed by atoms with Crippen LogP contribution in [0.1, 0.15) is 24.8 Å². The SMILES string of the molecule is COc1ccc([N+](=O)[O-])cc1CC1CCCC1Cl. The molecule has 0 radical (unpaired) electrons. The van der Waals surface area contributed by atoms with Crippen LogP contribution < -0.4 is 4.74 Å². The zero-order valence-electron chi connectivity index (χ0n) is 10.3. The van der Waals surface area contributed by atoms with Gasteiger partial charge in [-0.25, -0.2) is 0 Å². The van der Waals surface area contributed by atoms with Gasteiger partial charge in [-0.05, 0) is 31.2 Å². The summed E-state index contributed by atoms with van der Waals surface area (Å²) in [5.74, 6) is 1.10. The Bertz CT molecular complexity index is 450. The number of rotatable bonds is 4. The molecule has 18 heavy (non-hydrogen) atoms. The van der Waals surface area contributed by atoms with Crippen molar-refractivity contribution in [2.45, 2.75) is 31.1 Å². The number of nitro benzene ring substituents is 1. The van der Waals surface area contributed by atoms with Crippen LogP contribution in [0.3, 0.4) is 0 Å². The maximum atomic E-state index is 10.8. The van der Waals surface area contributed by atoms with E-state index in [9.17, 15) is 10.1 Å². The van der Waals surface area contributed by atoms with Crippen molar-refractivity contribution in [3.8, 4) is 5.75 Å². The van der Waals surface area contributed by atoms with Gasteiger partial charge in [0.15, 0.2) is 0 Å². The molecule has 4 nitrogen and oxygen atoms in total. The van der Waals surface area contributed by atoms with E-state index in [1.165, 1.54) is 6.07 Å². The molecular formula is C13H16ClNO3. The second kappa shape index (κ2) is 5.57. The van der Waals surface area contributed by atoms with Gasteiger partial charge in [0.05, 0.1) is 12.0 Å². The summed E-state index contributed by atoms with van der Waals surface area (Å²) in [5, 5.41) is 11.0. The van der Waals surface area contributed by atoms with E-state index in [0.29, 0.717) is 11.7 Å². The third-order valence-corrected chi connectivity index (χ3v) is 4.10. The van der Waals surface area contributed by atoms with Gasteiger partial charge in [-0.3, -0.25) is 10.1 Å². The van der Waals surface area contributed by atoms with Crippen molar-refractivity contribution in [1.29, 1.82) is 0 Å². The normalized spacial score (nSPS) is 23.0. The van der Waals surface area contributed by atoms with Crippen molar-refractivity contribution in [3.63, 3.8) is 0 Å². The monoisotopic (exact) mass is 269 g/mol. The fourth-order valence-electron chi connectivity index (χ4n) is 2.54. The third kappa shape index (κ3) is 2.75. The van der Waals surface area contributed by atoms with Crippen LogP contribution in [0, 0.1) is 16.0 Å². The molecule has 0 heterocycles. The minimum Gasteiger partial charge on any atom is -0.496 e. The average molecular weight is 270 g/mol. The molecule has 1 saturated carbocycles. The third-order valence-electron chi connectivity index (χ3n) is 3.52. The zero-order chi connectivity index (χ0) is 13.1. The number of alkyl halides is 1. The molecule has 1 fully saturated rings. The second-order valence-corrected chi connectivity index (χ2v) is 5.22. The Morgan fingerprint density at radius 3 is 2.83 bits per heavy atom. The maximum absolute atomic E-state index is 10.8. The van der Waals surface area contributed by atoms with E-state index in [-0.39, 0.29) is 16.0 Å². The van der Waals surface area contributed by atoms with Gasteiger partial charge in [0, 0.05) is 23.1 Å². The second-order valence-electron chi connectivity index (χ2n) is 4.66. The summed E-state index contributed by atoms with van der Waals surface area (Å²) in [4.78, 5) is 10.4. The van der Waals surface area contributed by atoms with Crippen molar-refractivity contribution in [3.05, 3.63) is 33.9 Å². The Morgan fingerprint density at radius 1 is 1.50 bits per heavy atom. The molecule has 1 aromatic rings. The number of hydrogen-bond donors (Lipinski definition) is 0. The first-order chi connectivity index (χ1) is 8.61. The molecule has 0 amide bonds. The summed E-state index contributed by atoms with van der Waals surface area (Å²) in [6, 6.07) is 4.72. The van der Waals surface area contributed by atoms with Gasteiger partial charge >= 0.3 is 0 Å². The number of halogens is 1. The first-order valence-corrected chi connectivity index (χ1v) is 6.51. The van der Waals surface area contributed by atoms with Crippen molar-refractivity contribution in [2.75, 3.05) is 7.11 Å². The fraction of sp³-hybridized carbons (Fsp3) is 0.538. The lowest BCUT2D eigenvalue weighted by molar-refractivity contribution is -0.384. The molecule has 1 aromatic carbocycles. The molecule has 5 heteroatoms. The lowest BCUT2D eigenvalue weighted by Gasteiger charge is -2.15. The highest BCUT2D eigenvalue weighted by atomic mass is 35.5. The largest absolute Gasteiger partial charge is 0.496 e. The van der Waals surface area contributed by atoms with Gasteiger partial charge in [0.25, 0.3) is 5.69 Å². The first-order valence-electron chi connectivity index (χ1n) is 6.07. The van der Waals surface area contributed by atoms with Gasteiger partial charge in [0.2, 0.25) is 0 Å². The van der Waals surface area contributed by atoms with Crippen LogP contribution in [0.15, 0.2) is 18.2 Å². The number of hydrogen-bond acceptors (Lipinski definition) is 3. The summed E-state index contributed by atoms with van der Waals surface area (Å²) in [6.45, 7) is 0. The van der Waals surface area contributed by atoms with Crippen molar-refractivity contribution >= 4 is 17.3 Å². The van der Waals surface area contributed by atoms with Crippen molar-refractivity contribution in [2.24, 2.45) is 5.92 Å². The van der Waals surface area contributed by atoms with E-state index in [4.69, 9.17) is 16.3 Å². The number of nitrogens with zero attached hydrogens (tertiary/aromatic N) is 1. The van der Waals surface area contributed by atoms with Crippen LogP contribution in [0.25, 0.3) is 0 Å². The van der Waals surface area contributed by atoms with Crippen LogP contribution in [-0.4, -0.2) is 17.4 Å². The Labute approximate surface area is 111 Å². The standard InChI is InChI=1S/C13H16ClNO3/c1-18-13-6-5-11(15(16)17)8-10(13)7-9-3-2-4-12(9)14/h5-6,8-9,12H,2-4,7H2,1H3. The highest BCUT2D eigenvalue weighted by Gasteiger charge is 2.27. The maximum Gasteiger partial charge on any atom is 0.269 e. The molecule has 2 unspecified atom stereocenters. The first kappa shape index (κ1) is 13.1. The van der Waals surface area contributed by atoms with Crippen LogP contribution in [0.2, 0.25) is 0 Å². The van der Waals surface area contributed by atoms with E-state index >= 15 is 0 Å². The van der Waals surface area contributed by atoms with E-state index in [0.717, 1.165) is 31.2 Å². The number of nitro groups is 1. The van der Waals surface area contributed by atoms with Gasteiger partial charge in [-0.15, -0.1) is 11.6 Å². The lowest BCUT2D eigenvalue weighted by atomic mass is 9.96. The van der Waals surface area contributed by atoms with Gasteiger partial charge in [-0.2, -0.15) is 0 Å². The molecule has 0 spiro atoms. The minimum absolute atomic E-state index is 0.106. The van der Waals surface area contributed by atoms with Gasteiger partial charge in [0.1, 0.15) is 5.75 Å². The fourth-order valence-corrected chi connectivity index (χ4v) is 2.91.